The number of aromatic nitrogens is 1. The van der Waals surface area contributed by atoms with Crippen molar-refractivity contribution in [1.82, 2.24) is 15.2 Å². The lowest BCUT2D eigenvalue weighted by atomic mass is 10.2. The van der Waals surface area contributed by atoms with Crippen molar-refractivity contribution in [3.63, 3.8) is 0 Å². The molecule has 0 aliphatic heterocycles. The van der Waals surface area contributed by atoms with Gasteiger partial charge in [0.1, 0.15) is 0 Å². The van der Waals surface area contributed by atoms with Gasteiger partial charge in [-0.1, -0.05) is 38.1 Å². The Hall–Kier alpha value is -0.580. The normalized spacial score (nSPS) is 9.77. The number of nitrogens with zero attached hydrogens (tertiary/aromatic N) is 2. The maximum absolute atomic E-state index is 4.66. The number of benzene rings is 1. The molecule has 0 fully saturated rings. The maximum Gasteiger partial charge on any atom is 0.0705 e. The standard InChI is InChI=1S/C16H23N3.3ClH/c1-3-19(4-2)12-11-17-13-15-10-9-14-7-5-6-8-16(14)18-15;;;/h5-10,17H,3-4,11-13H2,1-2H3;3*1H. The van der Waals surface area contributed by atoms with Crippen molar-refractivity contribution in [2.24, 2.45) is 0 Å². The third-order valence-corrected chi connectivity index (χ3v) is 3.46. The number of pyridine rings is 1. The van der Waals surface area contributed by atoms with Gasteiger partial charge in [-0.3, -0.25) is 4.98 Å². The summed E-state index contributed by atoms with van der Waals surface area (Å²) in [4.78, 5) is 7.07. The van der Waals surface area contributed by atoms with Gasteiger partial charge in [0.05, 0.1) is 11.2 Å². The second-order valence-corrected chi connectivity index (χ2v) is 4.70. The van der Waals surface area contributed by atoms with Gasteiger partial charge in [-0.15, -0.1) is 37.2 Å². The summed E-state index contributed by atoms with van der Waals surface area (Å²) in [6, 6.07) is 12.5. The molecule has 2 aromatic rings. The molecule has 1 heterocycles. The average molecular weight is 367 g/mol. The molecule has 1 aromatic heterocycles. The summed E-state index contributed by atoms with van der Waals surface area (Å²) < 4.78 is 0. The van der Waals surface area contributed by atoms with Crippen LogP contribution in [0.2, 0.25) is 0 Å². The Labute approximate surface area is 152 Å². The van der Waals surface area contributed by atoms with Crippen molar-refractivity contribution in [1.29, 1.82) is 0 Å². The Bertz CT molecular complexity index is 519. The van der Waals surface area contributed by atoms with E-state index in [4.69, 9.17) is 0 Å². The molecule has 3 nitrogen and oxygen atoms in total. The van der Waals surface area contributed by atoms with Gasteiger partial charge in [-0.05, 0) is 25.2 Å². The molecule has 0 aliphatic rings. The van der Waals surface area contributed by atoms with Gasteiger partial charge in [-0.2, -0.15) is 0 Å². The Kier molecular flexibility index (Phi) is 13.9. The molecule has 0 spiro atoms. The smallest absolute Gasteiger partial charge is 0.0705 e. The number of likely N-dealkylation sites (N-methyl/N-ethyl adjacent to an activating group) is 1. The first kappa shape index (κ1) is 23.7. The van der Waals surface area contributed by atoms with Crippen LogP contribution in [0, 0.1) is 0 Å². The van der Waals surface area contributed by atoms with Gasteiger partial charge in [0.2, 0.25) is 0 Å². The van der Waals surface area contributed by atoms with Gasteiger partial charge in [0.15, 0.2) is 0 Å². The predicted octanol–water partition coefficient (Wildman–Crippen LogP) is 3.93. The molecule has 0 saturated heterocycles. The van der Waals surface area contributed by atoms with Crippen LogP contribution >= 0.6 is 37.2 Å². The lowest BCUT2D eigenvalue weighted by Crippen LogP contribution is -2.31. The van der Waals surface area contributed by atoms with E-state index < -0.39 is 0 Å². The molecular formula is C16H26Cl3N3. The van der Waals surface area contributed by atoms with E-state index in [9.17, 15) is 0 Å². The van der Waals surface area contributed by atoms with Crippen LogP contribution in [0.1, 0.15) is 19.5 Å². The average Bonchev–Trinajstić information content (AvgIpc) is 2.47. The van der Waals surface area contributed by atoms with Gasteiger partial charge in [-0.25, -0.2) is 0 Å². The van der Waals surface area contributed by atoms with Crippen molar-refractivity contribution in [2.75, 3.05) is 26.2 Å². The Morgan fingerprint density at radius 1 is 0.955 bits per heavy atom. The third-order valence-electron chi connectivity index (χ3n) is 3.46. The molecule has 22 heavy (non-hydrogen) atoms. The van der Waals surface area contributed by atoms with Gasteiger partial charge in [0.25, 0.3) is 0 Å². The first-order chi connectivity index (χ1) is 9.33. The monoisotopic (exact) mass is 365 g/mol. The van der Waals surface area contributed by atoms with Crippen LogP contribution in [0.15, 0.2) is 36.4 Å². The Morgan fingerprint density at radius 3 is 2.32 bits per heavy atom. The number of rotatable bonds is 7. The second kappa shape index (κ2) is 12.9. The fourth-order valence-corrected chi connectivity index (χ4v) is 2.20. The minimum atomic E-state index is 0. The summed E-state index contributed by atoms with van der Waals surface area (Å²) >= 11 is 0. The minimum absolute atomic E-state index is 0. The van der Waals surface area contributed by atoms with Gasteiger partial charge < -0.3 is 10.2 Å². The number of nitrogens with one attached hydrogen (secondary N) is 1. The molecular weight excluding hydrogens is 341 g/mol. The molecule has 1 N–H and O–H groups in total. The zero-order valence-electron chi connectivity index (χ0n) is 13.1. The molecule has 0 unspecified atom stereocenters. The van der Waals surface area contributed by atoms with Crippen molar-refractivity contribution < 1.29 is 0 Å². The number of para-hydroxylation sites is 1. The summed E-state index contributed by atoms with van der Waals surface area (Å²) in [6.45, 7) is 9.59. The summed E-state index contributed by atoms with van der Waals surface area (Å²) in [5.41, 5.74) is 2.18. The molecule has 0 atom stereocenters. The van der Waals surface area contributed by atoms with Crippen molar-refractivity contribution >= 4 is 48.1 Å². The number of halogens is 3. The highest BCUT2D eigenvalue weighted by atomic mass is 35.5. The topological polar surface area (TPSA) is 28.2 Å². The van der Waals surface area contributed by atoms with Crippen LogP contribution in [-0.4, -0.2) is 36.1 Å². The van der Waals surface area contributed by atoms with Crippen LogP contribution in [-0.2, 0) is 6.54 Å². The number of fused-ring (bicyclic) bond motifs is 1. The van der Waals surface area contributed by atoms with Crippen LogP contribution in [0.25, 0.3) is 10.9 Å². The van der Waals surface area contributed by atoms with E-state index in [-0.39, 0.29) is 37.2 Å². The summed E-state index contributed by atoms with van der Waals surface area (Å²) in [6.07, 6.45) is 0. The maximum atomic E-state index is 4.66. The van der Waals surface area contributed by atoms with Gasteiger partial charge >= 0.3 is 0 Å². The molecule has 0 amide bonds. The highest BCUT2D eigenvalue weighted by molar-refractivity contribution is 5.86. The molecule has 126 valence electrons. The van der Waals surface area contributed by atoms with Crippen LogP contribution < -0.4 is 5.32 Å². The quantitative estimate of drug-likeness (QED) is 0.752. The number of hydrogen-bond acceptors (Lipinski definition) is 3. The largest absolute Gasteiger partial charge is 0.310 e. The first-order valence-electron chi connectivity index (χ1n) is 7.11. The molecule has 2 rings (SSSR count). The van der Waals surface area contributed by atoms with E-state index in [1.807, 2.05) is 12.1 Å². The summed E-state index contributed by atoms with van der Waals surface area (Å²) in [7, 11) is 0. The highest BCUT2D eigenvalue weighted by Gasteiger charge is 2.00. The summed E-state index contributed by atoms with van der Waals surface area (Å²) in [5.74, 6) is 0. The lowest BCUT2D eigenvalue weighted by molar-refractivity contribution is 0.302. The van der Waals surface area contributed by atoms with Crippen molar-refractivity contribution in [3.8, 4) is 0 Å². The van der Waals surface area contributed by atoms with E-state index >= 15 is 0 Å². The minimum Gasteiger partial charge on any atom is -0.310 e. The highest BCUT2D eigenvalue weighted by Crippen LogP contribution is 2.11. The summed E-state index contributed by atoms with van der Waals surface area (Å²) in [5, 5.41) is 4.66. The molecule has 0 radical (unpaired) electrons. The fourth-order valence-electron chi connectivity index (χ4n) is 2.20. The zero-order valence-corrected chi connectivity index (χ0v) is 15.6. The molecule has 0 saturated carbocycles. The molecule has 6 heteroatoms. The SMILES string of the molecule is CCN(CC)CCNCc1ccc2ccccc2n1.Cl.Cl.Cl. The van der Waals surface area contributed by atoms with Crippen molar-refractivity contribution in [2.45, 2.75) is 20.4 Å². The van der Waals surface area contributed by atoms with E-state index in [0.717, 1.165) is 43.9 Å². The Morgan fingerprint density at radius 2 is 1.64 bits per heavy atom. The van der Waals surface area contributed by atoms with Crippen molar-refractivity contribution in [3.05, 3.63) is 42.1 Å². The lowest BCUT2D eigenvalue weighted by Gasteiger charge is -2.17. The number of hydrogen-bond donors (Lipinski definition) is 1. The third kappa shape index (κ3) is 7.12. The zero-order chi connectivity index (χ0) is 13.5. The van der Waals surface area contributed by atoms with E-state index in [2.05, 4.69) is 53.3 Å². The predicted molar refractivity (Wildman–Crippen MR) is 103 cm³/mol. The second-order valence-electron chi connectivity index (χ2n) is 4.70. The Balaban J connectivity index is 0. The molecule has 0 aliphatic carbocycles. The van der Waals surface area contributed by atoms with Crippen LogP contribution in [0.4, 0.5) is 0 Å². The van der Waals surface area contributed by atoms with Crippen LogP contribution in [0.5, 0.6) is 0 Å². The van der Waals surface area contributed by atoms with E-state index in [0.29, 0.717) is 0 Å². The molecule has 0 bridgehead atoms. The van der Waals surface area contributed by atoms with Gasteiger partial charge in [0, 0.05) is 25.0 Å². The van der Waals surface area contributed by atoms with E-state index in [1.54, 1.807) is 0 Å². The molecule has 1 aromatic carbocycles. The first-order valence-corrected chi connectivity index (χ1v) is 7.11. The van der Waals surface area contributed by atoms with E-state index in [1.165, 1.54) is 5.39 Å². The fraction of sp³-hybridized carbons (Fsp3) is 0.438. The van der Waals surface area contributed by atoms with Crippen LogP contribution in [0.3, 0.4) is 0 Å².